The van der Waals surface area contributed by atoms with Gasteiger partial charge in [0.05, 0.1) is 30.9 Å². The maximum atomic E-state index is 14.0. The molecule has 4 N–H and O–H groups in total. The maximum absolute atomic E-state index is 14.0. The van der Waals surface area contributed by atoms with E-state index in [9.17, 15) is 24.9 Å². The average Bonchev–Trinajstić information content (AvgIpc) is 3.00. The molecule has 0 aromatic heterocycles. The third-order valence-corrected chi connectivity index (χ3v) is 9.93. The van der Waals surface area contributed by atoms with E-state index in [1.54, 1.807) is 52.2 Å². The monoisotopic (exact) mass is 695 g/mol. The SMILES string of the molecule is COc1cc2cc(c1Cl)N(C)C(=O)C[C@H](OC(=O)[C@H](C)N(C)C(C)C)C(C)(O)C[C@H](C)C1C[C@@](O)(NC(O)O1)[C@H](OC)/C=C/C=C(\C)C2. The first-order chi connectivity index (χ1) is 22.3. The topological polar surface area (TPSA) is 150 Å². The number of benzene rings is 1. The van der Waals surface area contributed by atoms with Crippen LogP contribution in [0, 0.1) is 5.92 Å². The number of rotatable bonds is 6. The van der Waals surface area contributed by atoms with Gasteiger partial charge in [-0.2, -0.15) is 0 Å². The number of nitrogens with zero attached hydrogens (tertiary/aromatic N) is 2. The summed E-state index contributed by atoms with van der Waals surface area (Å²) in [4.78, 5) is 30.6. The van der Waals surface area contributed by atoms with Crippen molar-refractivity contribution in [3.05, 3.63) is 46.5 Å². The van der Waals surface area contributed by atoms with Gasteiger partial charge in [-0.15, -0.1) is 0 Å². The van der Waals surface area contributed by atoms with Crippen molar-refractivity contribution in [3.8, 4) is 5.75 Å². The Morgan fingerprint density at radius 3 is 2.48 bits per heavy atom. The van der Waals surface area contributed by atoms with Crippen molar-refractivity contribution in [2.24, 2.45) is 5.92 Å². The number of carbonyl (C=O) groups excluding carboxylic acids is 2. The van der Waals surface area contributed by atoms with Gasteiger partial charge in [0.1, 0.15) is 29.0 Å². The van der Waals surface area contributed by atoms with Gasteiger partial charge in [0.2, 0.25) is 12.3 Å². The number of hydrogen-bond acceptors (Lipinski definition) is 11. The summed E-state index contributed by atoms with van der Waals surface area (Å²) in [5, 5.41) is 37.2. The highest BCUT2D eigenvalue weighted by Gasteiger charge is 2.48. The van der Waals surface area contributed by atoms with Crippen LogP contribution in [0.25, 0.3) is 0 Å². The van der Waals surface area contributed by atoms with E-state index in [1.165, 1.54) is 26.0 Å². The van der Waals surface area contributed by atoms with Gasteiger partial charge < -0.3 is 39.2 Å². The van der Waals surface area contributed by atoms with Crippen molar-refractivity contribution >= 4 is 29.2 Å². The number of likely N-dealkylation sites (N-methyl/N-ethyl adjacent to an activating group) is 1. The average molecular weight is 696 g/mol. The fourth-order valence-corrected chi connectivity index (χ4v) is 6.53. The van der Waals surface area contributed by atoms with Crippen LogP contribution in [0.2, 0.25) is 5.02 Å². The summed E-state index contributed by atoms with van der Waals surface area (Å²) in [6, 6.07) is 2.97. The molecule has 4 bridgehead atoms. The zero-order valence-electron chi connectivity index (χ0n) is 29.8. The molecule has 0 aliphatic carbocycles. The molecule has 3 rings (SSSR count). The Morgan fingerprint density at radius 1 is 1.21 bits per heavy atom. The van der Waals surface area contributed by atoms with Crippen LogP contribution < -0.4 is 15.0 Å². The van der Waals surface area contributed by atoms with Crippen molar-refractivity contribution in [1.29, 1.82) is 0 Å². The molecule has 1 amide bonds. The molecule has 3 unspecified atom stereocenters. The Balaban J connectivity index is 2.14. The molecule has 2 aliphatic heterocycles. The molecule has 2 heterocycles. The molecule has 0 radical (unpaired) electrons. The number of aliphatic hydroxyl groups is 3. The first-order valence-electron chi connectivity index (χ1n) is 16.3. The predicted octanol–water partition coefficient (Wildman–Crippen LogP) is 3.54. The van der Waals surface area contributed by atoms with E-state index in [1.807, 2.05) is 31.7 Å². The number of halogens is 1. The molecular formula is C35H54ClN3O9. The lowest BCUT2D eigenvalue weighted by molar-refractivity contribution is -0.272. The zero-order chi connectivity index (χ0) is 36.1. The van der Waals surface area contributed by atoms with Gasteiger partial charge in [0.25, 0.3) is 0 Å². The van der Waals surface area contributed by atoms with Crippen molar-refractivity contribution in [2.75, 3.05) is 33.2 Å². The molecule has 2 aliphatic rings. The number of fused-ring (bicyclic) bond motifs is 4. The van der Waals surface area contributed by atoms with Gasteiger partial charge >= 0.3 is 5.97 Å². The van der Waals surface area contributed by atoms with E-state index in [0.29, 0.717) is 17.9 Å². The molecular weight excluding hydrogens is 642 g/mol. The largest absolute Gasteiger partial charge is 0.495 e. The second-order valence-corrected chi connectivity index (χ2v) is 14.1. The summed E-state index contributed by atoms with van der Waals surface area (Å²) < 4.78 is 22.9. The van der Waals surface area contributed by atoms with Gasteiger partial charge in [0, 0.05) is 26.6 Å². The van der Waals surface area contributed by atoms with Gasteiger partial charge in [-0.05, 0) is 78.1 Å². The molecule has 12 nitrogen and oxygen atoms in total. The number of amides is 1. The van der Waals surface area contributed by atoms with Crippen molar-refractivity contribution < 1.29 is 43.9 Å². The highest BCUT2D eigenvalue weighted by Crippen LogP contribution is 2.38. The Morgan fingerprint density at radius 2 is 1.88 bits per heavy atom. The molecule has 1 saturated heterocycles. The lowest BCUT2D eigenvalue weighted by Crippen LogP contribution is -2.65. The summed E-state index contributed by atoms with van der Waals surface area (Å²) in [6.45, 7) is 10.8. The van der Waals surface area contributed by atoms with Crippen LogP contribution >= 0.6 is 11.6 Å². The van der Waals surface area contributed by atoms with Gasteiger partial charge in [-0.25, -0.2) is 5.32 Å². The summed E-state index contributed by atoms with van der Waals surface area (Å²) in [6.07, 6.45) is 1.00. The fourth-order valence-electron chi connectivity index (χ4n) is 6.21. The molecule has 1 fully saturated rings. The normalized spacial score (nSPS) is 33.2. The zero-order valence-corrected chi connectivity index (χ0v) is 30.6. The molecule has 1 aromatic rings. The molecule has 13 heteroatoms. The second-order valence-electron chi connectivity index (χ2n) is 13.7. The predicted molar refractivity (Wildman–Crippen MR) is 184 cm³/mol. The molecule has 8 atom stereocenters. The van der Waals surface area contributed by atoms with Gasteiger partial charge in [-0.1, -0.05) is 42.3 Å². The summed E-state index contributed by atoms with van der Waals surface area (Å²) in [7, 11) is 6.32. The lowest BCUT2D eigenvalue weighted by Gasteiger charge is -2.46. The fraction of sp³-hybridized carbons (Fsp3) is 0.657. The number of allylic oxidation sites excluding steroid dienone is 3. The van der Waals surface area contributed by atoms with Crippen LogP contribution in [0.15, 0.2) is 35.9 Å². The number of nitrogens with one attached hydrogen (secondary N) is 1. The standard InChI is InChI=1S/C35H54ClN3O9/c1-20(2)38(7)23(5)32(41)48-29-17-30(40)39(8)25-15-24(16-26(45-9)31(25)36)14-21(3)12-11-13-28(46-10)35(44)19-27(47-33(42)37-35)22(4)18-34(29,6)43/h11-13,15-16,20,22-23,27-29,33,37,42-44H,14,17-19H2,1-10H3/b13-11+,21-12+/t22-,23-,27?,28+,29-,33?,34?,35-/m0/s1. The van der Waals surface area contributed by atoms with E-state index in [2.05, 4.69) is 5.32 Å². The summed E-state index contributed by atoms with van der Waals surface area (Å²) in [5.41, 5.74) is -1.30. The van der Waals surface area contributed by atoms with Crippen molar-refractivity contribution in [1.82, 2.24) is 10.2 Å². The van der Waals surface area contributed by atoms with Crippen LogP contribution in [-0.2, 0) is 30.2 Å². The quantitative estimate of drug-likeness (QED) is 0.324. The van der Waals surface area contributed by atoms with E-state index in [4.69, 9.17) is 30.5 Å². The van der Waals surface area contributed by atoms with Crippen LogP contribution in [0.5, 0.6) is 5.75 Å². The Labute approximate surface area is 289 Å². The Hall–Kier alpha value is -2.55. The molecule has 270 valence electrons. The number of anilines is 1. The molecule has 0 spiro atoms. The second kappa shape index (κ2) is 16.4. The van der Waals surface area contributed by atoms with Crippen LogP contribution in [0.1, 0.15) is 66.4 Å². The number of carbonyl (C=O) groups is 2. The Kier molecular flexibility index (Phi) is 13.7. The summed E-state index contributed by atoms with van der Waals surface area (Å²) in [5.74, 6) is -1.16. The molecule has 1 aromatic carbocycles. The van der Waals surface area contributed by atoms with Crippen molar-refractivity contribution in [3.63, 3.8) is 0 Å². The third-order valence-electron chi connectivity index (χ3n) is 9.55. The van der Waals surface area contributed by atoms with E-state index < -0.39 is 59.9 Å². The minimum atomic E-state index is -1.74. The number of aliphatic hydroxyl groups excluding tert-OH is 1. The smallest absolute Gasteiger partial charge is 0.323 e. The van der Waals surface area contributed by atoms with E-state index >= 15 is 0 Å². The Bertz CT molecular complexity index is 1350. The highest BCUT2D eigenvalue weighted by molar-refractivity contribution is 6.35. The number of hydrogen-bond donors (Lipinski definition) is 4. The van der Waals surface area contributed by atoms with Gasteiger partial charge in [-0.3, -0.25) is 14.5 Å². The minimum Gasteiger partial charge on any atom is -0.495 e. The van der Waals surface area contributed by atoms with Gasteiger partial charge in [0.15, 0.2) is 5.72 Å². The lowest BCUT2D eigenvalue weighted by atomic mass is 9.81. The van der Waals surface area contributed by atoms with E-state index in [0.717, 1.165) is 11.1 Å². The van der Waals surface area contributed by atoms with Crippen LogP contribution in [0.4, 0.5) is 5.69 Å². The molecule has 48 heavy (non-hydrogen) atoms. The van der Waals surface area contributed by atoms with E-state index in [-0.39, 0.29) is 30.3 Å². The molecule has 0 saturated carbocycles. The highest BCUT2D eigenvalue weighted by atomic mass is 35.5. The third kappa shape index (κ3) is 9.57. The number of esters is 1. The number of methoxy groups -OCH3 is 2. The van der Waals surface area contributed by atoms with Crippen LogP contribution in [-0.4, -0.2) is 109 Å². The maximum Gasteiger partial charge on any atom is 0.323 e. The first kappa shape index (κ1) is 39.9. The summed E-state index contributed by atoms with van der Waals surface area (Å²) >= 11 is 6.72. The van der Waals surface area contributed by atoms with Crippen molar-refractivity contribution in [2.45, 2.75) is 115 Å². The minimum absolute atomic E-state index is 0.000676. The first-order valence-corrected chi connectivity index (χ1v) is 16.7. The number of ether oxygens (including phenoxy) is 4. The van der Waals surface area contributed by atoms with Crippen LogP contribution in [0.3, 0.4) is 0 Å².